The first-order chi connectivity index (χ1) is 8.16. The predicted molar refractivity (Wildman–Crippen MR) is 69.2 cm³/mol. The molecule has 0 saturated carbocycles. The maximum atomic E-state index is 5.59. The van der Waals surface area contributed by atoms with Crippen molar-refractivity contribution in [3.63, 3.8) is 0 Å². The van der Waals surface area contributed by atoms with Crippen LogP contribution in [-0.2, 0) is 0 Å². The molecule has 2 heterocycles. The van der Waals surface area contributed by atoms with E-state index in [9.17, 15) is 0 Å². The molecular weight excluding hydrogens is 234 g/mol. The molecule has 2 N–H and O–H groups in total. The summed E-state index contributed by atoms with van der Waals surface area (Å²) in [5.74, 6) is 1.17. The summed E-state index contributed by atoms with van der Waals surface area (Å²) in [6.07, 6.45) is 3.30. The number of pyridine rings is 2. The van der Waals surface area contributed by atoms with Crippen LogP contribution in [0.1, 0.15) is 11.3 Å². The molecule has 0 aliphatic rings. The molecule has 0 spiro atoms. The van der Waals surface area contributed by atoms with Gasteiger partial charge >= 0.3 is 0 Å². The zero-order valence-electron chi connectivity index (χ0n) is 9.25. The summed E-state index contributed by atoms with van der Waals surface area (Å²) >= 11 is 4.84. The van der Waals surface area contributed by atoms with Gasteiger partial charge in [0.25, 0.3) is 0 Å². The van der Waals surface area contributed by atoms with Crippen LogP contribution in [-0.4, -0.2) is 15.0 Å². The third-order valence-electron chi connectivity index (χ3n) is 2.19. The van der Waals surface area contributed by atoms with E-state index >= 15 is 0 Å². The van der Waals surface area contributed by atoms with Gasteiger partial charge in [-0.1, -0.05) is 12.2 Å². The first-order valence-electron chi connectivity index (χ1n) is 5.02. The minimum absolute atomic E-state index is 0.321. The Morgan fingerprint density at radius 1 is 1.29 bits per heavy atom. The molecule has 4 nitrogen and oxygen atoms in total. The Hall–Kier alpha value is -2.01. The molecule has 0 unspecified atom stereocenters. The van der Waals surface area contributed by atoms with Crippen molar-refractivity contribution >= 4 is 17.2 Å². The lowest BCUT2D eigenvalue weighted by molar-refractivity contribution is 0.456. The van der Waals surface area contributed by atoms with Crippen molar-refractivity contribution in [1.29, 1.82) is 0 Å². The van der Waals surface area contributed by atoms with Gasteiger partial charge in [-0.25, -0.2) is 4.98 Å². The van der Waals surface area contributed by atoms with Gasteiger partial charge in [0.05, 0.1) is 5.69 Å². The van der Waals surface area contributed by atoms with E-state index in [0.717, 1.165) is 11.3 Å². The van der Waals surface area contributed by atoms with Crippen LogP contribution in [0.2, 0.25) is 0 Å². The van der Waals surface area contributed by atoms with E-state index in [1.165, 1.54) is 0 Å². The Labute approximate surface area is 104 Å². The average molecular weight is 245 g/mol. The molecule has 0 aliphatic heterocycles. The van der Waals surface area contributed by atoms with Crippen LogP contribution in [0.5, 0.6) is 11.6 Å². The highest BCUT2D eigenvalue weighted by molar-refractivity contribution is 7.80. The lowest BCUT2D eigenvalue weighted by Gasteiger charge is -2.06. The fourth-order valence-corrected chi connectivity index (χ4v) is 1.40. The van der Waals surface area contributed by atoms with E-state index < -0.39 is 0 Å². The number of aromatic nitrogens is 2. The Bertz CT molecular complexity index is 540. The zero-order chi connectivity index (χ0) is 12.3. The van der Waals surface area contributed by atoms with Crippen molar-refractivity contribution in [3.8, 4) is 11.6 Å². The third-order valence-corrected chi connectivity index (χ3v) is 2.43. The number of nitrogens with zero attached hydrogens (tertiary/aromatic N) is 2. The van der Waals surface area contributed by atoms with Crippen LogP contribution >= 0.6 is 12.2 Å². The molecule has 0 fully saturated rings. The van der Waals surface area contributed by atoms with Gasteiger partial charge in [0.2, 0.25) is 5.88 Å². The lowest BCUT2D eigenvalue weighted by Crippen LogP contribution is -2.09. The summed E-state index contributed by atoms with van der Waals surface area (Å²) in [6.45, 7) is 1.87. The largest absolute Gasteiger partial charge is 0.437 e. The Kier molecular flexibility index (Phi) is 3.30. The second-order valence-corrected chi connectivity index (χ2v) is 3.88. The summed E-state index contributed by atoms with van der Waals surface area (Å²) < 4.78 is 5.59. The fourth-order valence-electron chi connectivity index (χ4n) is 1.28. The van der Waals surface area contributed by atoms with Crippen LogP contribution < -0.4 is 10.5 Å². The molecule has 86 valence electrons. The van der Waals surface area contributed by atoms with E-state index in [1.807, 2.05) is 19.1 Å². The molecule has 0 amide bonds. The number of ether oxygens (including phenoxy) is 1. The van der Waals surface area contributed by atoms with Crippen LogP contribution in [0.15, 0.2) is 36.7 Å². The standard InChI is InChI=1S/C12H11N3OS/c1-8-10(3-2-6-14-8)16-11-5-4-9(7-15-11)12(13)17/h2-7H,1H3,(H2,13,17). The average Bonchev–Trinajstić information content (AvgIpc) is 2.33. The van der Waals surface area contributed by atoms with Crippen molar-refractivity contribution in [2.24, 2.45) is 5.73 Å². The van der Waals surface area contributed by atoms with E-state index in [1.54, 1.807) is 24.5 Å². The molecule has 0 bridgehead atoms. The highest BCUT2D eigenvalue weighted by Gasteiger charge is 2.03. The fraction of sp³-hybridized carbons (Fsp3) is 0.0833. The van der Waals surface area contributed by atoms with E-state index in [4.69, 9.17) is 22.7 Å². The summed E-state index contributed by atoms with van der Waals surface area (Å²) in [5, 5.41) is 0. The number of hydrogen-bond acceptors (Lipinski definition) is 4. The molecule has 0 aliphatic carbocycles. The van der Waals surface area contributed by atoms with Gasteiger partial charge in [0.15, 0.2) is 5.75 Å². The molecular formula is C12H11N3OS. The smallest absolute Gasteiger partial charge is 0.219 e. The predicted octanol–water partition coefficient (Wildman–Crippen LogP) is 2.21. The Balaban J connectivity index is 2.20. The minimum Gasteiger partial charge on any atom is -0.437 e. The highest BCUT2D eigenvalue weighted by atomic mass is 32.1. The number of thiocarbonyl (C=S) groups is 1. The van der Waals surface area contributed by atoms with E-state index in [0.29, 0.717) is 16.6 Å². The molecule has 5 heteroatoms. The monoisotopic (exact) mass is 245 g/mol. The number of nitrogens with two attached hydrogens (primary N) is 1. The zero-order valence-corrected chi connectivity index (χ0v) is 10.1. The molecule has 0 aromatic carbocycles. The summed E-state index contributed by atoms with van der Waals surface area (Å²) in [6, 6.07) is 7.15. The first kappa shape index (κ1) is 11.5. The molecule has 2 aromatic heterocycles. The number of hydrogen-bond donors (Lipinski definition) is 1. The second kappa shape index (κ2) is 4.88. The van der Waals surface area contributed by atoms with Gasteiger partial charge in [-0.05, 0) is 25.1 Å². The Morgan fingerprint density at radius 3 is 2.71 bits per heavy atom. The van der Waals surface area contributed by atoms with Gasteiger partial charge in [-0.3, -0.25) is 4.98 Å². The SMILES string of the molecule is Cc1ncccc1Oc1ccc(C(N)=S)cn1. The normalized spacial score (nSPS) is 9.94. The van der Waals surface area contributed by atoms with Crippen molar-refractivity contribution < 1.29 is 4.74 Å². The minimum atomic E-state index is 0.321. The van der Waals surface area contributed by atoms with Gasteiger partial charge in [-0.2, -0.15) is 0 Å². The van der Waals surface area contributed by atoms with Crippen molar-refractivity contribution in [1.82, 2.24) is 9.97 Å². The van der Waals surface area contributed by atoms with E-state index in [2.05, 4.69) is 9.97 Å². The lowest BCUT2D eigenvalue weighted by atomic mass is 10.3. The van der Waals surface area contributed by atoms with Crippen LogP contribution in [0, 0.1) is 6.92 Å². The van der Waals surface area contributed by atoms with Gasteiger partial charge in [-0.15, -0.1) is 0 Å². The first-order valence-corrected chi connectivity index (χ1v) is 5.43. The molecule has 0 atom stereocenters. The van der Waals surface area contributed by atoms with E-state index in [-0.39, 0.29) is 0 Å². The maximum absolute atomic E-state index is 5.59. The van der Waals surface area contributed by atoms with Gasteiger partial charge < -0.3 is 10.5 Å². The summed E-state index contributed by atoms with van der Waals surface area (Å²) in [4.78, 5) is 8.57. The summed E-state index contributed by atoms with van der Waals surface area (Å²) in [5.41, 5.74) is 7.01. The molecule has 0 saturated heterocycles. The topological polar surface area (TPSA) is 61.0 Å². The van der Waals surface area contributed by atoms with Crippen LogP contribution in [0.3, 0.4) is 0 Å². The van der Waals surface area contributed by atoms with Crippen LogP contribution in [0.25, 0.3) is 0 Å². The van der Waals surface area contributed by atoms with Gasteiger partial charge in [0.1, 0.15) is 4.99 Å². The quantitative estimate of drug-likeness (QED) is 0.840. The summed E-state index contributed by atoms with van der Waals surface area (Å²) in [7, 11) is 0. The maximum Gasteiger partial charge on any atom is 0.219 e. The molecule has 0 radical (unpaired) electrons. The van der Waals surface area contributed by atoms with Gasteiger partial charge in [0, 0.05) is 24.0 Å². The highest BCUT2D eigenvalue weighted by Crippen LogP contribution is 2.21. The third kappa shape index (κ3) is 2.76. The number of rotatable bonds is 3. The molecule has 2 rings (SSSR count). The van der Waals surface area contributed by atoms with Crippen molar-refractivity contribution in [3.05, 3.63) is 47.9 Å². The molecule has 17 heavy (non-hydrogen) atoms. The second-order valence-electron chi connectivity index (χ2n) is 3.44. The van der Waals surface area contributed by atoms with Crippen LogP contribution in [0.4, 0.5) is 0 Å². The Morgan fingerprint density at radius 2 is 2.12 bits per heavy atom. The number of aryl methyl sites for hydroxylation is 1. The molecule has 2 aromatic rings. The van der Waals surface area contributed by atoms with Crippen molar-refractivity contribution in [2.45, 2.75) is 6.92 Å². The van der Waals surface area contributed by atoms with Crippen molar-refractivity contribution in [2.75, 3.05) is 0 Å².